The largest absolute Gasteiger partial charge is 0.481 e. The average molecular weight is 251 g/mol. The smallest absolute Gasteiger partial charge is 0.214 e. The van der Waals surface area contributed by atoms with E-state index in [1.54, 1.807) is 13.3 Å². The normalized spacial score (nSPS) is 16.5. The second kappa shape index (κ2) is 7.18. The van der Waals surface area contributed by atoms with Crippen LogP contribution in [0, 0.1) is 0 Å². The van der Waals surface area contributed by atoms with Crippen LogP contribution in [0.4, 0.5) is 5.69 Å². The van der Waals surface area contributed by atoms with Crippen LogP contribution in [-0.4, -0.2) is 56.4 Å². The zero-order valence-corrected chi connectivity index (χ0v) is 10.9. The van der Waals surface area contributed by atoms with Crippen molar-refractivity contribution in [1.82, 2.24) is 9.88 Å². The van der Waals surface area contributed by atoms with E-state index in [0.717, 1.165) is 51.5 Å². The molecule has 100 valence electrons. The topological polar surface area (TPSA) is 46.6 Å². The van der Waals surface area contributed by atoms with E-state index in [1.807, 2.05) is 12.1 Å². The summed E-state index contributed by atoms with van der Waals surface area (Å²) in [5, 5.41) is 3.38. The molecule has 0 aromatic carbocycles. The number of morpholine rings is 1. The van der Waals surface area contributed by atoms with E-state index in [-0.39, 0.29) is 0 Å². The van der Waals surface area contributed by atoms with Gasteiger partial charge in [0, 0.05) is 37.6 Å². The van der Waals surface area contributed by atoms with Gasteiger partial charge in [0.2, 0.25) is 5.88 Å². The predicted octanol–water partition coefficient (Wildman–Crippen LogP) is 1.22. The Morgan fingerprint density at radius 1 is 1.44 bits per heavy atom. The first kappa shape index (κ1) is 13.1. The number of hydrogen-bond acceptors (Lipinski definition) is 5. The standard InChI is InChI=1S/C13H21N3O2/c1-17-13-11-12(3-5-15-13)14-4-2-6-16-7-9-18-10-8-16/h3,5,11H,2,4,6-10H2,1H3,(H,14,15). The maximum atomic E-state index is 5.32. The minimum absolute atomic E-state index is 0.646. The lowest BCUT2D eigenvalue weighted by molar-refractivity contribution is 0.0378. The molecule has 1 N–H and O–H groups in total. The molecule has 0 atom stereocenters. The molecule has 0 aliphatic carbocycles. The lowest BCUT2D eigenvalue weighted by Crippen LogP contribution is -2.37. The molecule has 1 aromatic heterocycles. The van der Waals surface area contributed by atoms with Crippen molar-refractivity contribution < 1.29 is 9.47 Å². The second-order valence-electron chi connectivity index (χ2n) is 4.32. The van der Waals surface area contributed by atoms with Gasteiger partial charge in [0.1, 0.15) is 0 Å². The zero-order valence-electron chi connectivity index (χ0n) is 10.9. The van der Waals surface area contributed by atoms with Crippen molar-refractivity contribution in [2.45, 2.75) is 6.42 Å². The summed E-state index contributed by atoms with van der Waals surface area (Å²) in [5.74, 6) is 0.646. The van der Waals surface area contributed by atoms with Gasteiger partial charge in [-0.2, -0.15) is 0 Å². The van der Waals surface area contributed by atoms with Crippen molar-refractivity contribution in [3.8, 4) is 5.88 Å². The van der Waals surface area contributed by atoms with Gasteiger partial charge in [0.05, 0.1) is 20.3 Å². The quantitative estimate of drug-likeness (QED) is 0.770. The van der Waals surface area contributed by atoms with Gasteiger partial charge >= 0.3 is 0 Å². The first-order valence-corrected chi connectivity index (χ1v) is 6.42. The van der Waals surface area contributed by atoms with Gasteiger partial charge in [0.15, 0.2) is 0 Å². The summed E-state index contributed by atoms with van der Waals surface area (Å²) in [4.78, 5) is 6.52. The van der Waals surface area contributed by atoms with E-state index in [0.29, 0.717) is 5.88 Å². The SMILES string of the molecule is COc1cc(NCCCN2CCOCC2)ccn1. The summed E-state index contributed by atoms with van der Waals surface area (Å²) in [6.45, 7) is 5.94. The number of pyridine rings is 1. The highest BCUT2D eigenvalue weighted by molar-refractivity contribution is 5.44. The fraction of sp³-hybridized carbons (Fsp3) is 0.615. The van der Waals surface area contributed by atoms with Crippen LogP contribution in [0.1, 0.15) is 6.42 Å². The van der Waals surface area contributed by atoms with Crippen molar-refractivity contribution in [1.29, 1.82) is 0 Å². The highest BCUT2D eigenvalue weighted by Crippen LogP contribution is 2.13. The number of rotatable bonds is 6. The van der Waals surface area contributed by atoms with Gasteiger partial charge in [0.25, 0.3) is 0 Å². The Hall–Kier alpha value is -1.33. The average Bonchev–Trinajstić information content (AvgIpc) is 2.45. The highest BCUT2D eigenvalue weighted by atomic mass is 16.5. The molecule has 2 rings (SSSR count). The van der Waals surface area contributed by atoms with E-state index >= 15 is 0 Å². The van der Waals surface area contributed by atoms with Crippen molar-refractivity contribution in [2.75, 3.05) is 51.8 Å². The summed E-state index contributed by atoms with van der Waals surface area (Å²) in [6, 6.07) is 3.87. The third-order valence-electron chi connectivity index (χ3n) is 3.03. The maximum Gasteiger partial charge on any atom is 0.214 e. The molecular formula is C13H21N3O2. The number of hydrogen-bond donors (Lipinski definition) is 1. The minimum atomic E-state index is 0.646. The molecule has 0 amide bonds. The molecule has 1 fully saturated rings. The number of ether oxygens (including phenoxy) is 2. The Balaban J connectivity index is 1.65. The summed E-state index contributed by atoms with van der Waals surface area (Å²) < 4.78 is 10.4. The molecule has 0 spiro atoms. The van der Waals surface area contributed by atoms with Crippen molar-refractivity contribution in [3.05, 3.63) is 18.3 Å². The summed E-state index contributed by atoms with van der Waals surface area (Å²) >= 11 is 0. The zero-order chi connectivity index (χ0) is 12.6. The van der Waals surface area contributed by atoms with Crippen molar-refractivity contribution >= 4 is 5.69 Å². The van der Waals surface area contributed by atoms with Gasteiger partial charge in [-0.15, -0.1) is 0 Å². The molecule has 0 saturated carbocycles. The molecule has 5 heteroatoms. The van der Waals surface area contributed by atoms with Gasteiger partial charge in [-0.05, 0) is 19.0 Å². The maximum absolute atomic E-state index is 5.32. The van der Waals surface area contributed by atoms with Crippen molar-refractivity contribution in [3.63, 3.8) is 0 Å². The van der Waals surface area contributed by atoms with Gasteiger partial charge < -0.3 is 14.8 Å². The number of anilines is 1. The molecule has 1 aliphatic rings. The molecule has 18 heavy (non-hydrogen) atoms. The van der Waals surface area contributed by atoms with Crippen LogP contribution in [-0.2, 0) is 4.74 Å². The van der Waals surface area contributed by atoms with Crippen LogP contribution >= 0.6 is 0 Å². The Bertz CT molecular complexity index is 354. The number of aromatic nitrogens is 1. The third kappa shape index (κ3) is 4.16. The summed E-state index contributed by atoms with van der Waals surface area (Å²) in [6.07, 6.45) is 2.88. The Kier molecular flexibility index (Phi) is 5.23. The summed E-state index contributed by atoms with van der Waals surface area (Å²) in [7, 11) is 1.63. The molecule has 1 aromatic rings. The van der Waals surface area contributed by atoms with E-state index in [9.17, 15) is 0 Å². The van der Waals surface area contributed by atoms with Crippen LogP contribution in [0.2, 0.25) is 0 Å². The molecular weight excluding hydrogens is 230 g/mol. The molecule has 0 radical (unpaired) electrons. The molecule has 2 heterocycles. The van der Waals surface area contributed by atoms with Crippen molar-refractivity contribution in [2.24, 2.45) is 0 Å². The van der Waals surface area contributed by atoms with Crippen LogP contribution in [0.3, 0.4) is 0 Å². The Morgan fingerprint density at radius 2 is 2.28 bits per heavy atom. The van der Waals surface area contributed by atoms with Crippen LogP contribution in [0.25, 0.3) is 0 Å². The first-order chi connectivity index (χ1) is 8.88. The van der Waals surface area contributed by atoms with E-state index in [2.05, 4.69) is 15.2 Å². The van der Waals surface area contributed by atoms with Crippen LogP contribution in [0.15, 0.2) is 18.3 Å². The third-order valence-corrected chi connectivity index (χ3v) is 3.03. The fourth-order valence-electron chi connectivity index (χ4n) is 1.99. The first-order valence-electron chi connectivity index (χ1n) is 6.42. The molecule has 1 aliphatic heterocycles. The summed E-state index contributed by atoms with van der Waals surface area (Å²) in [5.41, 5.74) is 1.06. The fourth-order valence-corrected chi connectivity index (χ4v) is 1.99. The molecule has 0 bridgehead atoms. The number of nitrogens with zero attached hydrogens (tertiary/aromatic N) is 2. The van der Waals surface area contributed by atoms with Crippen LogP contribution in [0.5, 0.6) is 5.88 Å². The molecule has 5 nitrogen and oxygen atoms in total. The minimum Gasteiger partial charge on any atom is -0.481 e. The Morgan fingerprint density at radius 3 is 3.06 bits per heavy atom. The second-order valence-corrected chi connectivity index (χ2v) is 4.32. The monoisotopic (exact) mass is 251 g/mol. The van der Waals surface area contributed by atoms with Crippen LogP contribution < -0.4 is 10.1 Å². The van der Waals surface area contributed by atoms with E-state index < -0.39 is 0 Å². The number of methoxy groups -OCH3 is 1. The lowest BCUT2D eigenvalue weighted by atomic mass is 10.3. The number of nitrogens with one attached hydrogen (secondary N) is 1. The molecule has 1 saturated heterocycles. The predicted molar refractivity (Wildman–Crippen MR) is 71.2 cm³/mol. The highest BCUT2D eigenvalue weighted by Gasteiger charge is 2.08. The van der Waals surface area contributed by atoms with Gasteiger partial charge in [-0.3, -0.25) is 4.90 Å². The van der Waals surface area contributed by atoms with Gasteiger partial charge in [-0.25, -0.2) is 4.98 Å². The lowest BCUT2D eigenvalue weighted by Gasteiger charge is -2.26. The Labute approximate surface area is 108 Å². The molecule has 0 unspecified atom stereocenters. The van der Waals surface area contributed by atoms with E-state index in [1.165, 1.54) is 0 Å². The van der Waals surface area contributed by atoms with Gasteiger partial charge in [-0.1, -0.05) is 0 Å². The van der Waals surface area contributed by atoms with E-state index in [4.69, 9.17) is 9.47 Å².